The first-order chi connectivity index (χ1) is 9.50. The molecular formula is C14H19FN2O2S. The van der Waals surface area contributed by atoms with Gasteiger partial charge in [0.15, 0.2) is 0 Å². The summed E-state index contributed by atoms with van der Waals surface area (Å²) >= 11 is 0. The fraction of sp³-hybridized carbons (Fsp3) is 0.429. The lowest BCUT2D eigenvalue weighted by Crippen LogP contribution is -2.33. The zero-order valence-electron chi connectivity index (χ0n) is 11.5. The van der Waals surface area contributed by atoms with Gasteiger partial charge in [0, 0.05) is 19.1 Å². The third-order valence-corrected chi connectivity index (χ3v) is 5.18. The highest BCUT2D eigenvalue weighted by Crippen LogP contribution is 2.32. The van der Waals surface area contributed by atoms with Crippen LogP contribution in [0.1, 0.15) is 18.4 Å². The van der Waals surface area contributed by atoms with Crippen molar-refractivity contribution >= 4 is 10.0 Å². The number of hydrogen-bond acceptors (Lipinski definition) is 3. The van der Waals surface area contributed by atoms with Crippen LogP contribution in [0.3, 0.4) is 0 Å². The first kappa shape index (κ1) is 15.2. The Kier molecular flexibility index (Phi) is 4.57. The van der Waals surface area contributed by atoms with E-state index in [0.29, 0.717) is 12.1 Å². The summed E-state index contributed by atoms with van der Waals surface area (Å²) in [6.45, 7) is 4.28. The molecule has 0 amide bonds. The van der Waals surface area contributed by atoms with Crippen LogP contribution in [0.5, 0.6) is 0 Å². The van der Waals surface area contributed by atoms with Crippen LogP contribution in [0.2, 0.25) is 0 Å². The van der Waals surface area contributed by atoms with Crippen LogP contribution in [0, 0.1) is 5.82 Å². The normalized spacial score (nSPS) is 15.6. The minimum Gasteiger partial charge on any atom is -0.316 e. The van der Waals surface area contributed by atoms with Crippen LogP contribution in [-0.2, 0) is 16.6 Å². The minimum absolute atomic E-state index is 0.0191. The number of halogens is 1. The van der Waals surface area contributed by atoms with Crippen LogP contribution < -0.4 is 5.32 Å². The molecule has 1 saturated carbocycles. The molecule has 1 N–H and O–H groups in total. The molecule has 1 aliphatic carbocycles. The highest BCUT2D eigenvalue weighted by atomic mass is 32.2. The Balaban J connectivity index is 2.35. The van der Waals surface area contributed by atoms with Gasteiger partial charge in [0.1, 0.15) is 10.7 Å². The Labute approximate surface area is 119 Å². The molecule has 0 spiro atoms. The van der Waals surface area contributed by atoms with Crippen molar-refractivity contribution in [2.24, 2.45) is 0 Å². The summed E-state index contributed by atoms with van der Waals surface area (Å²) in [5.74, 6) is -0.701. The molecule has 0 aromatic heterocycles. The summed E-state index contributed by atoms with van der Waals surface area (Å²) in [5, 5.41) is 2.90. The fourth-order valence-electron chi connectivity index (χ4n) is 2.13. The maximum Gasteiger partial charge on any atom is 0.246 e. The molecule has 0 heterocycles. The molecule has 110 valence electrons. The standard InChI is InChI=1S/C14H19FN2O2S/c1-3-8-17(12-5-6-12)20(18,19)14-7-4-11(10-16-2)9-13(14)15/h3-4,7,9,12,16H,1,5-6,8,10H2,2H3. The summed E-state index contributed by atoms with van der Waals surface area (Å²) < 4.78 is 40.5. The topological polar surface area (TPSA) is 49.4 Å². The SMILES string of the molecule is C=CCN(C1CC1)S(=O)(=O)c1ccc(CNC)cc1F. The molecule has 1 aliphatic rings. The van der Waals surface area contributed by atoms with Gasteiger partial charge >= 0.3 is 0 Å². The highest BCUT2D eigenvalue weighted by Gasteiger charge is 2.38. The van der Waals surface area contributed by atoms with Crippen molar-refractivity contribution in [3.63, 3.8) is 0 Å². The average Bonchev–Trinajstić information content (AvgIpc) is 3.20. The third-order valence-electron chi connectivity index (χ3n) is 3.23. The molecule has 1 aromatic carbocycles. The van der Waals surface area contributed by atoms with Crippen molar-refractivity contribution in [2.75, 3.05) is 13.6 Å². The van der Waals surface area contributed by atoms with Gasteiger partial charge in [0.2, 0.25) is 10.0 Å². The van der Waals surface area contributed by atoms with Crippen LogP contribution in [0.25, 0.3) is 0 Å². The first-order valence-corrected chi connectivity index (χ1v) is 8.00. The van der Waals surface area contributed by atoms with Crippen molar-refractivity contribution in [2.45, 2.75) is 30.3 Å². The molecule has 20 heavy (non-hydrogen) atoms. The molecule has 0 bridgehead atoms. The summed E-state index contributed by atoms with van der Waals surface area (Å²) in [6, 6.07) is 4.22. The molecule has 2 rings (SSSR count). The number of nitrogens with zero attached hydrogens (tertiary/aromatic N) is 1. The van der Waals surface area contributed by atoms with Crippen molar-refractivity contribution in [1.29, 1.82) is 0 Å². The van der Waals surface area contributed by atoms with E-state index in [0.717, 1.165) is 12.8 Å². The first-order valence-electron chi connectivity index (χ1n) is 6.56. The monoisotopic (exact) mass is 298 g/mol. The molecule has 0 saturated heterocycles. The third kappa shape index (κ3) is 3.08. The summed E-state index contributed by atoms with van der Waals surface area (Å²) in [5.41, 5.74) is 0.714. The van der Waals surface area contributed by atoms with Gasteiger partial charge in [-0.2, -0.15) is 4.31 Å². The van der Waals surface area contributed by atoms with Crippen LogP contribution in [0.4, 0.5) is 4.39 Å². The fourth-order valence-corrected chi connectivity index (χ4v) is 3.83. The van der Waals surface area contributed by atoms with Gasteiger partial charge in [0.05, 0.1) is 0 Å². The Bertz CT molecular complexity index is 597. The quantitative estimate of drug-likeness (QED) is 0.782. The van der Waals surface area contributed by atoms with E-state index in [2.05, 4.69) is 11.9 Å². The second-order valence-corrected chi connectivity index (χ2v) is 6.75. The van der Waals surface area contributed by atoms with Crippen molar-refractivity contribution in [1.82, 2.24) is 9.62 Å². The molecule has 0 radical (unpaired) electrons. The number of hydrogen-bond donors (Lipinski definition) is 1. The van der Waals surface area contributed by atoms with E-state index in [1.807, 2.05) is 0 Å². The summed E-state index contributed by atoms with van der Waals surface area (Å²) in [7, 11) is -2.04. The molecule has 1 fully saturated rings. The zero-order valence-corrected chi connectivity index (χ0v) is 12.3. The van der Waals surface area contributed by atoms with E-state index in [-0.39, 0.29) is 17.5 Å². The average molecular weight is 298 g/mol. The van der Waals surface area contributed by atoms with E-state index >= 15 is 0 Å². The molecule has 0 unspecified atom stereocenters. The van der Waals surface area contributed by atoms with Crippen molar-refractivity contribution < 1.29 is 12.8 Å². The number of benzene rings is 1. The predicted octanol–water partition coefficient (Wildman–Crippen LogP) is 1.88. The molecular weight excluding hydrogens is 279 g/mol. The van der Waals surface area contributed by atoms with E-state index < -0.39 is 15.8 Å². The maximum absolute atomic E-state index is 14.1. The molecule has 0 aliphatic heterocycles. The van der Waals surface area contributed by atoms with Gasteiger partial charge in [-0.1, -0.05) is 12.1 Å². The summed E-state index contributed by atoms with van der Waals surface area (Å²) in [6.07, 6.45) is 3.18. The van der Waals surface area contributed by atoms with E-state index in [1.165, 1.54) is 22.5 Å². The Morgan fingerprint density at radius 1 is 1.50 bits per heavy atom. The van der Waals surface area contributed by atoms with Gasteiger partial charge in [-0.05, 0) is 37.6 Å². The summed E-state index contributed by atoms with van der Waals surface area (Å²) in [4.78, 5) is -0.258. The molecule has 1 aromatic rings. The Morgan fingerprint density at radius 3 is 2.70 bits per heavy atom. The Morgan fingerprint density at radius 2 is 2.20 bits per heavy atom. The predicted molar refractivity (Wildman–Crippen MR) is 76.3 cm³/mol. The van der Waals surface area contributed by atoms with Crippen LogP contribution in [-0.4, -0.2) is 32.4 Å². The van der Waals surface area contributed by atoms with E-state index in [9.17, 15) is 12.8 Å². The molecule has 0 atom stereocenters. The van der Waals surface area contributed by atoms with Gasteiger partial charge in [-0.15, -0.1) is 6.58 Å². The lowest BCUT2D eigenvalue weighted by Gasteiger charge is -2.20. The lowest BCUT2D eigenvalue weighted by molar-refractivity contribution is 0.431. The van der Waals surface area contributed by atoms with Crippen LogP contribution >= 0.6 is 0 Å². The van der Waals surface area contributed by atoms with Gasteiger partial charge < -0.3 is 5.32 Å². The Hall–Kier alpha value is -1.24. The second kappa shape index (κ2) is 6.03. The maximum atomic E-state index is 14.1. The second-order valence-electron chi connectivity index (χ2n) is 4.89. The molecule has 4 nitrogen and oxygen atoms in total. The highest BCUT2D eigenvalue weighted by molar-refractivity contribution is 7.89. The number of rotatable bonds is 7. The van der Waals surface area contributed by atoms with Gasteiger partial charge in [-0.25, -0.2) is 12.8 Å². The van der Waals surface area contributed by atoms with Crippen molar-refractivity contribution in [3.05, 3.63) is 42.2 Å². The largest absolute Gasteiger partial charge is 0.316 e. The van der Waals surface area contributed by atoms with Gasteiger partial charge in [-0.3, -0.25) is 0 Å². The number of nitrogens with one attached hydrogen (secondary N) is 1. The minimum atomic E-state index is -3.80. The van der Waals surface area contributed by atoms with Gasteiger partial charge in [0.25, 0.3) is 0 Å². The van der Waals surface area contributed by atoms with E-state index in [1.54, 1.807) is 13.1 Å². The number of sulfonamides is 1. The molecule has 6 heteroatoms. The smallest absolute Gasteiger partial charge is 0.246 e. The van der Waals surface area contributed by atoms with Crippen molar-refractivity contribution in [3.8, 4) is 0 Å². The zero-order chi connectivity index (χ0) is 14.8. The lowest BCUT2D eigenvalue weighted by atomic mass is 10.2. The van der Waals surface area contributed by atoms with E-state index in [4.69, 9.17) is 0 Å². The van der Waals surface area contributed by atoms with Crippen LogP contribution in [0.15, 0.2) is 35.7 Å².